The lowest BCUT2D eigenvalue weighted by atomic mass is 9.93. The number of fused-ring (bicyclic) bond motifs is 4. The van der Waals surface area contributed by atoms with Crippen molar-refractivity contribution in [3.05, 3.63) is 81.2 Å². The maximum absolute atomic E-state index is 14.0. The van der Waals surface area contributed by atoms with E-state index in [-0.39, 0.29) is 22.4 Å². The van der Waals surface area contributed by atoms with Gasteiger partial charge < -0.3 is 20.2 Å². The quantitative estimate of drug-likeness (QED) is 0.460. The van der Waals surface area contributed by atoms with Crippen molar-refractivity contribution in [3.63, 3.8) is 0 Å². The molecule has 1 aliphatic rings. The smallest absolute Gasteiger partial charge is 0.270 e. The Balaban J connectivity index is 1.61. The summed E-state index contributed by atoms with van der Waals surface area (Å²) < 4.78 is 41.3. The number of carbonyl (C=O) groups is 1. The van der Waals surface area contributed by atoms with Crippen molar-refractivity contribution >= 4 is 27.6 Å². The van der Waals surface area contributed by atoms with Gasteiger partial charge in [0.2, 0.25) is 0 Å². The van der Waals surface area contributed by atoms with Crippen LogP contribution >= 0.6 is 0 Å². The average Bonchev–Trinajstić information content (AvgIpc) is 3.17. The predicted molar refractivity (Wildman–Crippen MR) is 109 cm³/mol. The number of H-pyrrole nitrogens is 2. The van der Waals surface area contributed by atoms with Crippen LogP contribution in [0.25, 0.3) is 21.7 Å². The van der Waals surface area contributed by atoms with Gasteiger partial charge in [-0.25, -0.2) is 13.2 Å². The Bertz CT molecular complexity index is 1430. The molecule has 1 atom stereocenters. The molecule has 158 valence electrons. The molecule has 31 heavy (non-hydrogen) atoms. The molecular weight excluding hydrogens is 409 g/mol. The molecule has 2 aromatic carbocycles. The normalized spacial score (nSPS) is 15.9. The van der Waals surface area contributed by atoms with Gasteiger partial charge >= 0.3 is 0 Å². The number of pyridine rings is 1. The summed E-state index contributed by atoms with van der Waals surface area (Å²) in [5.41, 5.74) is 1.30. The lowest BCUT2D eigenvalue weighted by Crippen LogP contribution is -2.42. The van der Waals surface area contributed by atoms with E-state index in [4.69, 9.17) is 0 Å². The second-order valence-corrected chi connectivity index (χ2v) is 7.64. The van der Waals surface area contributed by atoms with E-state index in [0.717, 1.165) is 12.1 Å². The number of nitrogens with one attached hydrogen (secondary N) is 3. The van der Waals surface area contributed by atoms with Gasteiger partial charge in [0.15, 0.2) is 11.6 Å². The summed E-state index contributed by atoms with van der Waals surface area (Å²) in [5.74, 6) is -2.96. The highest BCUT2D eigenvalue weighted by Gasteiger charge is 2.31. The van der Waals surface area contributed by atoms with E-state index in [1.165, 1.54) is 17.0 Å². The fraction of sp³-hybridized carbons (Fsp3) is 0.182. The number of carbonyl (C=O) groups excluding carboxylic acids is 1. The number of likely N-dealkylation sites (N-methyl/N-ethyl adjacent to an activating group) is 1. The minimum atomic E-state index is -1.11. The van der Waals surface area contributed by atoms with E-state index in [1.807, 2.05) is 0 Å². The molecule has 3 heterocycles. The SMILES string of the molecule is CN(C(=O)c1cc2ccc(F)cc2[nH]1)[C@H]1CNCc2[nH]c(=O)c3cc(F)c(F)cc3c21. The topological polar surface area (TPSA) is 81.0 Å². The zero-order valence-electron chi connectivity index (χ0n) is 16.4. The van der Waals surface area contributed by atoms with Gasteiger partial charge in [0, 0.05) is 42.3 Å². The van der Waals surface area contributed by atoms with Crippen molar-refractivity contribution in [3.8, 4) is 0 Å². The van der Waals surface area contributed by atoms with Crippen LogP contribution in [0.3, 0.4) is 0 Å². The summed E-state index contributed by atoms with van der Waals surface area (Å²) in [6.45, 7) is 0.675. The van der Waals surface area contributed by atoms with Crippen LogP contribution in [-0.4, -0.2) is 34.4 Å². The molecule has 0 radical (unpaired) electrons. The Morgan fingerprint density at radius 2 is 1.77 bits per heavy atom. The second-order valence-electron chi connectivity index (χ2n) is 7.64. The molecule has 4 aromatic rings. The standard InChI is InChI=1S/C22H17F3N4O2/c1-29(22(31)17-4-10-2-3-11(23)5-16(10)27-17)19-9-26-8-18-20(19)12-6-14(24)15(25)7-13(12)21(30)28-18/h2-7,19,26-27H,8-9H2,1H3,(H,28,30)/t19-/m0/s1. The van der Waals surface area contributed by atoms with Crippen LogP contribution in [-0.2, 0) is 6.54 Å². The molecule has 1 amide bonds. The Labute approximate surface area is 173 Å². The third kappa shape index (κ3) is 3.09. The number of nitrogens with zero attached hydrogens (tertiary/aromatic N) is 1. The number of aromatic nitrogens is 2. The van der Waals surface area contributed by atoms with Gasteiger partial charge in [-0.1, -0.05) is 0 Å². The van der Waals surface area contributed by atoms with Crippen LogP contribution in [0.5, 0.6) is 0 Å². The predicted octanol–water partition coefficient (Wildman–Crippen LogP) is 3.34. The van der Waals surface area contributed by atoms with E-state index < -0.39 is 29.1 Å². The van der Waals surface area contributed by atoms with Crippen molar-refractivity contribution in [2.75, 3.05) is 13.6 Å². The molecule has 3 N–H and O–H groups in total. The third-order valence-corrected chi connectivity index (χ3v) is 5.76. The van der Waals surface area contributed by atoms with E-state index >= 15 is 0 Å². The minimum Gasteiger partial charge on any atom is -0.350 e. The Kier molecular flexibility index (Phi) is 4.37. The van der Waals surface area contributed by atoms with Gasteiger partial charge in [-0.3, -0.25) is 9.59 Å². The molecule has 6 nitrogen and oxygen atoms in total. The number of benzene rings is 2. The maximum Gasteiger partial charge on any atom is 0.270 e. The molecule has 5 rings (SSSR count). The monoisotopic (exact) mass is 426 g/mol. The Morgan fingerprint density at radius 1 is 1.03 bits per heavy atom. The van der Waals surface area contributed by atoms with Gasteiger partial charge in [-0.05, 0) is 41.8 Å². The largest absolute Gasteiger partial charge is 0.350 e. The number of hydrogen-bond donors (Lipinski definition) is 3. The summed E-state index contributed by atoms with van der Waals surface area (Å²) in [5, 5.41) is 4.11. The average molecular weight is 426 g/mol. The van der Waals surface area contributed by atoms with Crippen molar-refractivity contribution < 1.29 is 18.0 Å². The summed E-state index contributed by atoms with van der Waals surface area (Å²) in [4.78, 5) is 32.7. The zero-order valence-corrected chi connectivity index (χ0v) is 16.4. The number of halogens is 3. The number of hydrogen-bond acceptors (Lipinski definition) is 3. The molecule has 0 unspecified atom stereocenters. The van der Waals surface area contributed by atoms with Gasteiger partial charge in [-0.15, -0.1) is 0 Å². The fourth-order valence-electron chi connectivity index (χ4n) is 4.22. The minimum absolute atomic E-state index is 0.0199. The number of rotatable bonds is 2. The zero-order chi connectivity index (χ0) is 21.9. The fourth-order valence-corrected chi connectivity index (χ4v) is 4.22. The molecule has 0 spiro atoms. The highest BCUT2D eigenvalue weighted by molar-refractivity contribution is 5.98. The van der Waals surface area contributed by atoms with Gasteiger partial charge in [0.25, 0.3) is 11.5 Å². The Hall–Kier alpha value is -3.59. The molecule has 0 saturated heterocycles. The third-order valence-electron chi connectivity index (χ3n) is 5.76. The molecule has 0 bridgehead atoms. The van der Waals surface area contributed by atoms with Gasteiger partial charge in [0.05, 0.1) is 11.4 Å². The lowest BCUT2D eigenvalue weighted by Gasteiger charge is -2.34. The van der Waals surface area contributed by atoms with Crippen molar-refractivity contribution in [1.29, 1.82) is 0 Å². The first kappa shape index (κ1) is 19.4. The first-order chi connectivity index (χ1) is 14.8. The summed E-state index contributed by atoms with van der Waals surface area (Å²) in [6, 6.07) is 7.14. The van der Waals surface area contributed by atoms with E-state index in [1.54, 1.807) is 19.2 Å². The van der Waals surface area contributed by atoms with E-state index in [0.29, 0.717) is 35.2 Å². The molecule has 2 aromatic heterocycles. The highest BCUT2D eigenvalue weighted by Crippen LogP contribution is 2.33. The van der Waals surface area contributed by atoms with Crippen molar-refractivity contribution in [2.24, 2.45) is 0 Å². The molecule has 9 heteroatoms. The van der Waals surface area contributed by atoms with Crippen LogP contribution in [0.4, 0.5) is 13.2 Å². The van der Waals surface area contributed by atoms with Crippen LogP contribution in [0.15, 0.2) is 41.2 Å². The van der Waals surface area contributed by atoms with Crippen LogP contribution in [0.2, 0.25) is 0 Å². The summed E-state index contributed by atoms with van der Waals surface area (Å²) >= 11 is 0. The summed E-state index contributed by atoms with van der Waals surface area (Å²) in [6.07, 6.45) is 0. The first-order valence-corrected chi connectivity index (χ1v) is 9.63. The van der Waals surface area contributed by atoms with E-state index in [9.17, 15) is 22.8 Å². The first-order valence-electron chi connectivity index (χ1n) is 9.63. The van der Waals surface area contributed by atoms with Crippen molar-refractivity contribution in [1.82, 2.24) is 20.2 Å². The number of amides is 1. The molecule has 0 aliphatic carbocycles. The molecule has 0 saturated carbocycles. The molecule has 0 fully saturated rings. The van der Waals surface area contributed by atoms with E-state index in [2.05, 4.69) is 15.3 Å². The van der Waals surface area contributed by atoms with Crippen molar-refractivity contribution in [2.45, 2.75) is 12.6 Å². The maximum atomic E-state index is 14.0. The van der Waals surface area contributed by atoms with Crippen LogP contribution in [0.1, 0.15) is 27.8 Å². The molecular formula is C22H17F3N4O2. The Morgan fingerprint density at radius 3 is 2.55 bits per heavy atom. The van der Waals surface area contributed by atoms with Crippen LogP contribution < -0.4 is 10.9 Å². The van der Waals surface area contributed by atoms with Crippen LogP contribution in [0, 0.1) is 17.5 Å². The second kappa shape index (κ2) is 6.98. The lowest BCUT2D eigenvalue weighted by molar-refractivity contribution is 0.0718. The van der Waals surface area contributed by atoms with Gasteiger partial charge in [-0.2, -0.15) is 0 Å². The summed E-state index contributed by atoms with van der Waals surface area (Å²) in [7, 11) is 1.59. The molecule has 1 aliphatic heterocycles. The van der Waals surface area contributed by atoms with Gasteiger partial charge in [0.1, 0.15) is 11.5 Å². The highest BCUT2D eigenvalue weighted by atomic mass is 19.2. The number of aromatic amines is 2.